The van der Waals surface area contributed by atoms with Crippen molar-refractivity contribution in [3.63, 3.8) is 0 Å². The Labute approximate surface area is 188 Å². The van der Waals surface area contributed by atoms with Crippen molar-refractivity contribution in [2.24, 2.45) is 5.92 Å². The highest BCUT2D eigenvalue weighted by atomic mass is 16.5. The van der Waals surface area contributed by atoms with E-state index in [0.29, 0.717) is 23.4 Å². The number of carbonyl (C=O) groups is 3. The van der Waals surface area contributed by atoms with Crippen molar-refractivity contribution in [1.29, 1.82) is 0 Å². The number of hydrogen-bond donors (Lipinski definition) is 3. The van der Waals surface area contributed by atoms with Crippen LogP contribution in [0.4, 0.5) is 5.69 Å². The molecule has 32 heavy (non-hydrogen) atoms. The highest BCUT2D eigenvalue weighted by molar-refractivity contribution is 5.97. The van der Waals surface area contributed by atoms with Crippen LogP contribution in [0.25, 0.3) is 0 Å². The fraction of sp³-hybridized carbons (Fsp3) is 0.400. The zero-order valence-electron chi connectivity index (χ0n) is 18.6. The molecule has 0 radical (unpaired) electrons. The number of anilines is 1. The number of rotatable bonds is 7. The normalized spacial score (nSPS) is 14.8. The lowest BCUT2D eigenvalue weighted by atomic mass is 9.88. The molecule has 1 aliphatic rings. The molecule has 2 aromatic rings. The second-order valence-electron chi connectivity index (χ2n) is 8.17. The van der Waals surface area contributed by atoms with E-state index in [9.17, 15) is 14.4 Å². The van der Waals surface area contributed by atoms with Crippen molar-refractivity contribution < 1.29 is 19.1 Å². The van der Waals surface area contributed by atoms with E-state index in [-0.39, 0.29) is 11.8 Å². The van der Waals surface area contributed by atoms with Gasteiger partial charge in [0.2, 0.25) is 5.91 Å². The summed E-state index contributed by atoms with van der Waals surface area (Å²) in [6, 6.07) is 14.0. The van der Waals surface area contributed by atoms with E-state index >= 15 is 0 Å². The van der Waals surface area contributed by atoms with Gasteiger partial charge >= 0.3 is 0 Å². The van der Waals surface area contributed by atoms with E-state index in [0.717, 1.165) is 31.2 Å². The van der Waals surface area contributed by atoms with Gasteiger partial charge in [-0.25, -0.2) is 0 Å². The number of benzene rings is 2. The van der Waals surface area contributed by atoms with Gasteiger partial charge in [-0.1, -0.05) is 43.9 Å². The number of hydrazine groups is 1. The number of carbonyl (C=O) groups excluding carboxylic acids is 3. The fourth-order valence-electron chi connectivity index (χ4n) is 3.69. The van der Waals surface area contributed by atoms with Gasteiger partial charge in [0.05, 0.1) is 0 Å². The standard InChI is InChI=1S/C25H31N3O4/c1-3-22(32-21-15-9-17(2)10-16-21)25(31)28-27-24(30)19-11-13-20(14-12-19)26-23(29)18-7-5-4-6-8-18/h9-16,18,22H,3-8H2,1-2H3,(H,26,29)(H,27,30)(H,28,31). The lowest BCUT2D eigenvalue weighted by Gasteiger charge is -2.20. The van der Waals surface area contributed by atoms with E-state index in [4.69, 9.17) is 4.74 Å². The molecule has 1 aliphatic carbocycles. The molecule has 1 atom stereocenters. The highest BCUT2D eigenvalue weighted by Gasteiger charge is 2.21. The summed E-state index contributed by atoms with van der Waals surface area (Å²) in [5, 5.41) is 2.92. The third kappa shape index (κ3) is 6.57. The van der Waals surface area contributed by atoms with Gasteiger partial charge in [-0.05, 0) is 62.6 Å². The third-order valence-electron chi connectivity index (χ3n) is 5.65. The van der Waals surface area contributed by atoms with E-state index in [1.165, 1.54) is 6.42 Å². The average Bonchev–Trinajstić information content (AvgIpc) is 2.83. The van der Waals surface area contributed by atoms with Gasteiger partial charge in [-0.15, -0.1) is 0 Å². The summed E-state index contributed by atoms with van der Waals surface area (Å²) >= 11 is 0. The molecule has 3 rings (SSSR count). The molecule has 0 saturated heterocycles. The van der Waals surface area contributed by atoms with E-state index in [1.54, 1.807) is 36.4 Å². The monoisotopic (exact) mass is 437 g/mol. The molecule has 0 aliphatic heterocycles. The number of aryl methyl sites for hydroxylation is 1. The van der Waals surface area contributed by atoms with Crippen LogP contribution in [0.1, 0.15) is 61.4 Å². The Morgan fingerprint density at radius 1 is 0.938 bits per heavy atom. The Bertz CT molecular complexity index is 919. The van der Waals surface area contributed by atoms with Crippen LogP contribution in [0, 0.1) is 12.8 Å². The van der Waals surface area contributed by atoms with Gasteiger partial charge in [0, 0.05) is 17.2 Å². The van der Waals surface area contributed by atoms with Crippen LogP contribution in [-0.2, 0) is 9.59 Å². The molecule has 1 unspecified atom stereocenters. The van der Waals surface area contributed by atoms with Crippen LogP contribution >= 0.6 is 0 Å². The molecule has 1 fully saturated rings. The van der Waals surface area contributed by atoms with Gasteiger partial charge in [-0.2, -0.15) is 0 Å². The van der Waals surface area contributed by atoms with Crippen molar-refractivity contribution in [2.75, 3.05) is 5.32 Å². The van der Waals surface area contributed by atoms with Crippen LogP contribution in [0.3, 0.4) is 0 Å². The number of amides is 3. The van der Waals surface area contributed by atoms with Crippen molar-refractivity contribution >= 4 is 23.4 Å². The summed E-state index contributed by atoms with van der Waals surface area (Å²) in [6.07, 6.45) is 4.97. The van der Waals surface area contributed by atoms with Crippen molar-refractivity contribution in [3.05, 3.63) is 59.7 Å². The van der Waals surface area contributed by atoms with Crippen LogP contribution in [0.15, 0.2) is 48.5 Å². The zero-order chi connectivity index (χ0) is 22.9. The van der Waals surface area contributed by atoms with Gasteiger partial charge in [0.15, 0.2) is 6.10 Å². The van der Waals surface area contributed by atoms with Crippen LogP contribution in [0.2, 0.25) is 0 Å². The largest absolute Gasteiger partial charge is 0.481 e. The Balaban J connectivity index is 1.48. The van der Waals surface area contributed by atoms with Crippen molar-refractivity contribution in [1.82, 2.24) is 10.9 Å². The van der Waals surface area contributed by atoms with Crippen LogP contribution in [-0.4, -0.2) is 23.8 Å². The molecular weight excluding hydrogens is 406 g/mol. The Hall–Kier alpha value is -3.35. The summed E-state index contributed by atoms with van der Waals surface area (Å²) in [7, 11) is 0. The van der Waals surface area contributed by atoms with Gasteiger partial charge < -0.3 is 10.1 Å². The van der Waals surface area contributed by atoms with Crippen molar-refractivity contribution in [2.45, 2.75) is 58.5 Å². The van der Waals surface area contributed by atoms with E-state index in [2.05, 4.69) is 16.2 Å². The third-order valence-corrected chi connectivity index (χ3v) is 5.65. The molecular formula is C25H31N3O4. The molecule has 3 amide bonds. The van der Waals surface area contributed by atoms with E-state index in [1.807, 2.05) is 26.0 Å². The highest BCUT2D eigenvalue weighted by Crippen LogP contribution is 2.25. The first-order chi connectivity index (χ1) is 15.5. The maximum atomic E-state index is 12.4. The summed E-state index contributed by atoms with van der Waals surface area (Å²) in [4.78, 5) is 37.1. The Morgan fingerprint density at radius 2 is 1.59 bits per heavy atom. The lowest BCUT2D eigenvalue weighted by Crippen LogP contribution is -2.47. The molecule has 0 spiro atoms. The molecule has 7 heteroatoms. The predicted octanol–water partition coefficient (Wildman–Crippen LogP) is 4.13. The first kappa shape index (κ1) is 23.3. The molecule has 2 aromatic carbocycles. The summed E-state index contributed by atoms with van der Waals surface area (Å²) < 4.78 is 5.72. The molecule has 1 saturated carbocycles. The Morgan fingerprint density at radius 3 is 2.22 bits per heavy atom. The minimum Gasteiger partial charge on any atom is -0.481 e. The molecule has 0 bridgehead atoms. The minimum atomic E-state index is -0.726. The maximum absolute atomic E-state index is 12.4. The lowest BCUT2D eigenvalue weighted by molar-refractivity contribution is -0.129. The molecule has 7 nitrogen and oxygen atoms in total. The Kier molecular flexibility index (Phi) is 8.25. The zero-order valence-corrected chi connectivity index (χ0v) is 18.6. The number of nitrogens with one attached hydrogen (secondary N) is 3. The number of ether oxygens (including phenoxy) is 1. The summed E-state index contributed by atoms with van der Waals surface area (Å²) in [5.41, 5.74) is 6.95. The van der Waals surface area contributed by atoms with Crippen molar-refractivity contribution in [3.8, 4) is 5.75 Å². The first-order valence-corrected chi connectivity index (χ1v) is 11.2. The second kappa shape index (κ2) is 11.3. The van der Waals surface area contributed by atoms with Gasteiger partial charge in [0.1, 0.15) is 5.75 Å². The van der Waals surface area contributed by atoms with Crippen LogP contribution < -0.4 is 20.9 Å². The predicted molar refractivity (Wildman–Crippen MR) is 123 cm³/mol. The van der Waals surface area contributed by atoms with E-state index < -0.39 is 17.9 Å². The van der Waals surface area contributed by atoms with Crippen LogP contribution in [0.5, 0.6) is 5.75 Å². The summed E-state index contributed by atoms with van der Waals surface area (Å²) in [6.45, 7) is 3.81. The fourth-order valence-corrected chi connectivity index (χ4v) is 3.69. The smallest absolute Gasteiger partial charge is 0.279 e. The molecule has 170 valence electrons. The quantitative estimate of drug-likeness (QED) is 0.568. The number of hydrogen-bond acceptors (Lipinski definition) is 4. The summed E-state index contributed by atoms with van der Waals surface area (Å²) in [5.74, 6) is -0.190. The molecule has 3 N–H and O–H groups in total. The van der Waals surface area contributed by atoms with Gasteiger partial charge in [0.25, 0.3) is 11.8 Å². The SMILES string of the molecule is CCC(Oc1ccc(C)cc1)C(=O)NNC(=O)c1ccc(NC(=O)C2CCCCC2)cc1. The van der Waals surface area contributed by atoms with Gasteiger partial charge in [-0.3, -0.25) is 25.2 Å². The maximum Gasteiger partial charge on any atom is 0.279 e. The molecule has 0 aromatic heterocycles. The first-order valence-electron chi connectivity index (χ1n) is 11.2. The molecule has 0 heterocycles. The second-order valence-corrected chi connectivity index (χ2v) is 8.17. The topological polar surface area (TPSA) is 96.5 Å². The average molecular weight is 438 g/mol. The minimum absolute atomic E-state index is 0.0355.